The molecule has 1 aromatic rings. The Morgan fingerprint density at radius 3 is 2.37 bits per heavy atom. The standard InChI is InChI=1S/C33H50N4O4/c1-9-14-24(27(38)30(40)35-18-10-2)36-29(39)26-25-23(33(25,7)8)20-37(26)31(41)28(32(4,5)6)34-19-17-21(3)22-15-12-11-13-16-22/h10-13,15-16,21,23-26,28,34H,2,9,14,17-20H2,1,3-8H3,(H,35,40)(H,36,39). The Labute approximate surface area is 246 Å². The minimum atomic E-state index is -0.939. The van der Waals surface area contributed by atoms with Crippen LogP contribution in [0.3, 0.4) is 0 Å². The minimum absolute atomic E-state index is 0.0112. The largest absolute Gasteiger partial charge is 0.346 e. The van der Waals surface area contributed by atoms with Crippen molar-refractivity contribution < 1.29 is 19.2 Å². The molecule has 3 amide bonds. The molecule has 8 nitrogen and oxygen atoms in total. The predicted octanol–water partition coefficient (Wildman–Crippen LogP) is 3.82. The van der Waals surface area contributed by atoms with Gasteiger partial charge in [0.2, 0.25) is 17.6 Å². The van der Waals surface area contributed by atoms with E-state index < -0.39 is 29.8 Å². The van der Waals surface area contributed by atoms with Crippen molar-refractivity contribution in [3.63, 3.8) is 0 Å². The molecule has 1 aliphatic carbocycles. The molecule has 41 heavy (non-hydrogen) atoms. The van der Waals surface area contributed by atoms with Gasteiger partial charge in [-0.15, -0.1) is 6.58 Å². The number of fused-ring (bicyclic) bond motifs is 1. The third-order valence-corrected chi connectivity index (χ3v) is 9.01. The van der Waals surface area contributed by atoms with Crippen molar-refractivity contribution in [1.29, 1.82) is 0 Å². The summed E-state index contributed by atoms with van der Waals surface area (Å²) in [6.45, 7) is 19.4. The maximum Gasteiger partial charge on any atom is 0.289 e. The number of benzene rings is 1. The van der Waals surface area contributed by atoms with Gasteiger partial charge in [-0.25, -0.2) is 0 Å². The van der Waals surface area contributed by atoms with Gasteiger partial charge in [-0.2, -0.15) is 0 Å². The summed E-state index contributed by atoms with van der Waals surface area (Å²) in [7, 11) is 0. The summed E-state index contributed by atoms with van der Waals surface area (Å²) < 4.78 is 0. The van der Waals surface area contributed by atoms with Crippen LogP contribution in [0.2, 0.25) is 0 Å². The van der Waals surface area contributed by atoms with E-state index >= 15 is 0 Å². The van der Waals surface area contributed by atoms with Gasteiger partial charge in [0.25, 0.3) is 5.91 Å². The number of rotatable bonds is 14. The fraction of sp³-hybridized carbons (Fsp3) is 0.636. The van der Waals surface area contributed by atoms with E-state index in [1.54, 1.807) is 4.90 Å². The average Bonchev–Trinajstić information content (AvgIpc) is 3.24. The van der Waals surface area contributed by atoms with Gasteiger partial charge in [-0.05, 0) is 53.5 Å². The Bertz CT molecular complexity index is 1110. The highest BCUT2D eigenvalue weighted by molar-refractivity contribution is 6.38. The smallest absolute Gasteiger partial charge is 0.289 e. The van der Waals surface area contributed by atoms with Gasteiger partial charge in [-0.1, -0.05) is 91.3 Å². The molecular formula is C33H50N4O4. The molecule has 2 fully saturated rings. The van der Waals surface area contributed by atoms with Crippen LogP contribution in [-0.4, -0.2) is 66.2 Å². The van der Waals surface area contributed by atoms with Crippen molar-refractivity contribution in [2.75, 3.05) is 19.6 Å². The number of hydrogen-bond donors (Lipinski definition) is 3. The first-order valence-electron chi connectivity index (χ1n) is 15.1. The average molecular weight is 567 g/mol. The first kappa shape index (κ1) is 32.5. The van der Waals surface area contributed by atoms with Crippen molar-refractivity contribution >= 4 is 23.5 Å². The van der Waals surface area contributed by atoms with E-state index in [4.69, 9.17) is 0 Å². The van der Waals surface area contributed by atoms with Crippen molar-refractivity contribution in [2.24, 2.45) is 22.7 Å². The van der Waals surface area contributed by atoms with E-state index in [0.29, 0.717) is 31.8 Å². The highest BCUT2D eigenvalue weighted by atomic mass is 16.2. The van der Waals surface area contributed by atoms with Crippen LogP contribution in [0.4, 0.5) is 0 Å². The lowest BCUT2D eigenvalue weighted by Crippen LogP contribution is -2.60. The fourth-order valence-electron chi connectivity index (χ4n) is 6.36. The van der Waals surface area contributed by atoms with Gasteiger partial charge in [0.05, 0.1) is 12.1 Å². The number of hydrogen-bond acceptors (Lipinski definition) is 5. The second-order valence-electron chi connectivity index (χ2n) is 13.5. The number of piperidine rings is 1. The molecular weight excluding hydrogens is 516 g/mol. The second-order valence-corrected chi connectivity index (χ2v) is 13.5. The van der Waals surface area contributed by atoms with Crippen LogP contribution >= 0.6 is 0 Å². The zero-order chi connectivity index (χ0) is 30.5. The van der Waals surface area contributed by atoms with E-state index in [1.807, 2.05) is 45.9 Å². The first-order chi connectivity index (χ1) is 19.2. The maximum atomic E-state index is 14.1. The molecule has 1 heterocycles. The molecule has 8 heteroatoms. The Balaban J connectivity index is 1.75. The van der Waals surface area contributed by atoms with Gasteiger partial charge < -0.3 is 20.9 Å². The highest BCUT2D eigenvalue weighted by Gasteiger charge is 2.69. The lowest BCUT2D eigenvalue weighted by atomic mass is 9.85. The van der Waals surface area contributed by atoms with Crippen LogP contribution < -0.4 is 16.0 Å². The van der Waals surface area contributed by atoms with Crippen molar-refractivity contribution in [3.05, 3.63) is 48.6 Å². The summed E-state index contributed by atoms with van der Waals surface area (Å²) in [4.78, 5) is 55.0. The van der Waals surface area contributed by atoms with Crippen LogP contribution in [-0.2, 0) is 19.2 Å². The van der Waals surface area contributed by atoms with E-state index in [0.717, 1.165) is 6.42 Å². The van der Waals surface area contributed by atoms with Gasteiger partial charge in [-0.3, -0.25) is 19.2 Å². The molecule has 1 saturated heterocycles. The van der Waals surface area contributed by atoms with Crippen molar-refractivity contribution in [2.45, 2.75) is 91.8 Å². The molecule has 0 aromatic heterocycles. The number of likely N-dealkylation sites (tertiary alicyclic amines) is 1. The highest BCUT2D eigenvalue weighted by Crippen LogP contribution is 2.65. The Kier molecular flexibility index (Phi) is 10.6. The van der Waals surface area contributed by atoms with Gasteiger partial charge in [0.1, 0.15) is 6.04 Å². The van der Waals surface area contributed by atoms with E-state index in [1.165, 1.54) is 11.6 Å². The summed E-state index contributed by atoms with van der Waals surface area (Å²) in [6.07, 6.45) is 3.34. The van der Waals surface area contributed by atoms with E-state index in [-0.39, 0.29) is 41.0 Å². The van der Waals surface area contributed by atoms with Gasteiger partial charge in [0.15, 0.2) is 0 Å². The van der Waals surface area contributed by atoms with Crippen LogP contribution in [0.1, 0.15) is 79.2 Å². The third kappa shape index (κ3) is 7.45. The maximum absolute atomic E-state index is 14.1. The molecule has 1 aliphatic heterocycles. The molecule has 1 saturated carbocycles. The van der Waals surface area contributed by atoms with Gasteiger partial charge >= 0.3 is 0 Å². The zero-order valence-corrected chi connectivity index (χ0v) is 26.0. The topological polar surface area (TPSA) is 108 Å². The second kappa shape index (κ2) is 13.3. The number of carbonyl (C=O) groups excluding carboxylic acids is 4. The zero-order valence-electron chi connectivity index (χ0n) is 26.0. The van der Waals surface area contributed by atoms with E-state index in [9.17, 15) is 19.2 Å². The molecule has 6 atom stereocenters. The molecule has 0 radical (unpaired) electrons. The summed E-state index contributed by atoms with van der Waals surface area (Å²) in [5.41, 5.74) is 0.821. The van der Waals surface area contributed by atoms with Crippen LogP contribution in [0.5, 0.6) is 0 Å². The quantitative estimate of drug-likeness (QED) is 0.234. The number of nitrogens with one attached hydrogen (secondary N) is 3. The van der Waals surface area contributed by atoms with Crippen LogP contribution in [0.25, 0.3) is 0 Å². The van der Waals surface area contributed by atoms with E-state index in [2.05, 4.69) is 55.4 Å². The number of carbonyl (C=O) groups is 4. The van der Waals surface area contributed by atoms with Crippen molar-refractivity contribution in [3.8, 4) is 0 Å². The molecule has 0 spiro atoms. The van der Waals surface area contributed by atoms with Crippen LogP contribution in [0, 0.1) is 22.7 Å². The Morgan fingerprint density at radius 2 is 1.78 bits per heavy atom. The molecule has 1 aromatic carbocycles. The van der Waals surface area contributed by atoms with Crippen molar-refractivity contribution in [1.82, 2.24) is 20.9 Å². The van der Waals surface area contributed by atoms with Crippen LogP contribution in [0.15, 0.2) is 43.0 Å². The Hall–Kier alpha value is -3.00. The molecule has 2 aliphatic rings. The SMILES string of the molecule is C=CCNC(=O)C(=O)C(CCC)NC(=O)C1C2C(CN1C(=O)C(NCCC(C)c1ccccc1)C(C)(C)C)C2(C)C. The molecule has 3 N–H and O–H groups in total. The summed E-state index contributed by atoms with van der Waals surface area (Å²) >= 11 is 0. The monoisotopic (exact) mass is 566 g/mol. The normalized spacial score (nSPS) is 23.1. The molecule has 0 bridgehead atoms. The molecule has 3 rings (SSSR count). The number of amides is 3. The number of ketones is 1. The number of Topliss-reactive ketones (excluding diaryl/α,β-unsaturated/α-hetero) is 1. The lowest BCUT2D eigenvalue weighted by molar-refractivity contribution is -0.145. The fourth-order valence-corrected chi connectivity index (χ4v) is 6.36. The van der Waals surface area contributed by atoms with Gasteiger partial charge in [0, 0.05) is 13.1 Å². The summed E-state index contributed by atoms with van der Waals surface area (Å²) in [6, 6.07) is 8.24. The number of nitrogens with zero attached hydrogens (tertiary/aromatic N) is 1. The lowest BCUT2D eigenvalue weighted by Gasteiger charge is -2.38. The molecule has 226 valence electrons. The first-order valence-corrected chi connectivity index (χ1v) is 15.1. The minimum Gasteiger partial charge on any atom is -0.346 e. The molecule has 6 unspecified atom stereocenters. The summed E-state index contributed by atoms with van der Waals surface area (Å²) in [5.74, 6) is -1.29. The Morgan fingerprint density at radius 1 is 1.12 bits per heavy atom. The third-order valence-electron chi connectivity index (χ3n) is 9.01. The summed E-state index contributed by atoms with van der Waals surface area (Å²) in [5, 5.41) is 8.89. The predicted molar refractivity (Wildman–Crippen MR) is 162 cm³/mol.